The third-order valence-corrected chi connectivity index (χ3v) is 3.90. The van der Waals surface area contributed by atoms with Crippen LogP contribution in [0.1, 0.15) is 0 Å². The van der Waals surface area contributed by atoms with Crippen LogP contribution in [0.2, 0.25) is 0 Å². The van der Waals surface area contributed by atoms with Gasteiger partial charge in [0.25, 0.3) is 0 Å². The molecule has 0 radical (unpaired) electrons. The highest BCUT2D eigenvalue weighted by Gasteiger charge is 2.34. The third kappa shape index (κ3) is 4.31. The van der Waals surface area contributed by atoms with E-state index in [1.165, 1.54) is 12.4 Å². The van der Waals surface area contributed by atoms with Crippen molar-refractivity contribution in [1.82, 2.24) is 9.97 Å². The van der Waals surface area contributed by atoms with Crippen molar-refractivity contribution in [3.8, 4) is 17.5 Å². The van der Waals surface area contributed by atoms with Crippen LogP contribution in [0.5, 0.6) is 17.5 Å². The number of pyridine rings is 2. The average Bonchev–Trinajstić information content (AvgIpc) is 2.57. The van der Waals surface area contributed by atoms with Gasteiger partial charge in [-0.2, -0.15) is 4.57 Å². The number of aromatic nitrogens is 2. The largest absolute Gasteiger partial charge is 0.649 e. The molecule has 0 saturated heterocycles. The summed E-state index contributed by atoms with van der Waals surface area (Å²) in [5.74, 6) is 0.605. The first-order chi connectivity index (χ1) is 11.2. The van der Waals surface area contributed by atoms with Gasteiger partial charge in [0.2, 0.25) is 11.8 Å². The van der Waals surface area contributed by atoms with Crippen LogP contribution in [0.3, 0.4) is 0 Å². The first kappa shape index (κ1) is 15.1. The molecule has 0 saturated carbocycles. The lowest BCUT2D eigenvalue weighted by Gasteiger charge is -2.18. The summed E-state index contributed by atoms with van der Waals surface area (Å²) in [5.41, 5.74) is 0. The van der Waals surface area contributed by atoms with Crippen molar-refractivity contribution in [1.29, 1.82) is 0 Å². The van der Waals surface area contributed by atoms with E-state index in [2.05, 4.69) is 9.97 Å². The fourth-order valence-electron chi connectivity index (χ4n) is 1.70. The minimum Gasteiger partial charge on any atom is -0.386 e. The fourth-order valence-corrected chi connectivity index (χ4v) is 2.86. The standard InChI is InChI=1S/C16H13N2O4P/c19-23(20-14-8-2-1-3-9-14,21-15-10-4-6-12-17-15)22-16-11-5-7-13-18-16/h1-13H. The van der Waals surface area contributed by atoms with Crippen LogP contribution in [0.15, 0.2) is 79.1 Å². The van der Waals surface area contributed by atoms with Crippen molar-refractivity contribution >= 4 is 7.82 Å². The number of hydrogen-bond acceptors (Lipinski definition) is 6. The molecule has 0 fully saturated rings. The molecule has 0 amide bonds. The predicted octanol–water partition coefficient (Wildman–Crippen LogP) is 4.12. The number of rotatable bonds is 6. The van der Waals surface area contributed by atoms with E-state index in [1.54, 1.807) is 60.7 Å². The number of nitrogens with zero attached hydrogens (tertiary/aromatic N) is 2. The van der Waals surface area contributed by atoms with Gasteiger partial charge in [0.1, 0.15) is 5.75 Å². The Bertz CT molecular complexity index is 677. The topological polar surface area (TPSA) is 70.5 Å². The molecule has 0 aliphatic rings. The molecule has 0 unspecified atom stereocenters. The lowest BCUT2D eigenvalue weighted by atomic mass is 10.3. The molecule has 116 valence electrons. The molecule has 7 heteroatoms. The summed E-state index contributed by atoms with van der Waals surface area (Å²) >= 11 is 0. The maximum atomic E-state index is 13.0. The average molecular weight is 328 g/mol. The molecular formula is C16H13N2O4P. The summed E-state index contributed by atoms with van der Waals surface area (Å²) in [5, 5.41) is 0. The fraction of sp³-hybridized carbons (Fsp3) is 0. The molecule has 0 N–H and O–H groups in total. The van der Waals surface area contributed by atoms with Gasteiger partial charge in [0.05, 0.1) is 0 Å². The van der Waals surface area contributed by atoms with E-state index in [9.17, 15) is 4.57 Å². The van der Waals surface area contributed by atoms with Crippen LogP contribution in [-0.4, -0.2) is 9.97 Å². The van der Waals surface area contributed by atoms with Crippen LogP contribution in [0, 0.1) is 0 Å². The van der Waals surface area contributed by atoms with Crippen LogP contribution in [0.25, 0.3) is 0 Å². The Balaban J connectivity index is 1.87. The highest BCUT2D eigenvalue weighted by atomic mass is 31.2. The van der Waals surface area contributed by atoms with E-state index < -0.39 is 7.82 Å². The Hall–Kier alpha value is -2.85. The summed E-state index contributed by atoms with van der Waals surface area (Å²) in [6.45, 7) is 0. The molecule has 1 aromatic carbocycles. The Morgan fingerprint density at radius 1 is 0.652 bits per heavy atom. The molecular weight excluding hydrogens is 315 g/mol. The Labute approximate surface area is 133 Å². The predicted molar refractivity (Wildman–Crippen MR) is 84.4 cm³/mol. The summed E-state index contributed by atoms with van der Waals surface area (Å²) in [7, 11) is -4.01. The van der Waals surface area contributed by atoms with E-state index in [0.29, 0.717) is 5.75 Å². The van der Waals surface area contributed by atoms with Crippen molar-refractivity contribution in [2.24, 2.45) is 0 Å². The number of phosphoric ester groups is 1. The minimum atomic E-state index is -4.01. The lowest BCUT2D eigenvalue weighted by molar-refractivity contribution is 0.291. The number of benzene rings is 1. The zero-order valence-corrected chi connectivity index (χ0v) is 12.9. The van der Waals surface area contributed by atoms with Gasteiger partial charge in [-0.3, -0.25) is 0 Å². The van der Waals surface area contributed by atoms with Crippen molar-refractivity contribution < 1.29 is 18.1 Å². The Morgan fingerprint density at radius 3 is 1.65 bits per heavy atom. The molecule has 3 aromatic rings. The minimum absolute atomic E-state index is 0.127. The monoisotopic (exact) mass is 328 g/mol. The quantitative estimate of drug-likeness (QED) is 0.634. The van der Waals surface area contributed by atoms with E-state index in [0.717, 1.165) is 0 Å². The maximum Gasteiger partial charge on any atom is 0.649 e. The van der Waals surface area contributed by atoms with Gasteiger partial charge in [-0.15, -0.1) is 0 Å². The molecule has 0 aliphatic carbocycles. The van der Waals surface area contributed by atoms with Gasteiger partial charge in [0, 0.05) is 24.5 Å². The van der Waals surface area contributed by atoms with E-state index in [4.69, 9.17) is 13.6 Å². The lowest BCUT2D eigenvalue weighted by Crippen LogP contribution is -2.08. The van der Waals surface area contributed by atoms with Crippen LogP contribution < -0.4 is 13.6 Å². The molecule has 2 heterocycles. The van der Waals surface area contributed by atoms with Gasteiger partial charge >= 0.3 is 7.82 Å². The summed E-state index contributed by atoms with van der Waals surface area (Å²) in [6.07, 6.45) is 3.03. The number of para-hydroxylation sites is 1. The number of hydrogen-bond donors (Lipinski definition) is 0. The molecule has 23 heavy (non-hydrogen) atoms. The van der Waals surface area contributed by atoms with Gasteiger partial charge < -0.3 is 13.6 Å². The van der Waals surface area contributed by atoms with Crippen LogP contribution >= 0.6 is 7.82 Å². The van der Waals surface area contributed by atoms with Crippen molar-refractivity contribution in [3.63, 3.8) is 0 Å². The third-order valence-electron chi connectivity index (χ3n) is 2.65. The van der Waals surface area contributed by atoms with E-state index in [1.807, 2.05) is 6.07 Å². The second kappa shape index (κ2) is 6.94. The zero-order valence-electron chi connectivity index (χ0n) is 12.0. The Morgan fingerprint density at radius 2 is 1.17 bits per heavy atom. The van der Waals surface area contributed by atoms with Gasteiger partial charge in [0.15, 0.2) is 0 Å². The first-order valence-electron chi connectivity index (χ1n) is 6.79. The SMILES string of the molecule is O=P(Oc1ccccc1)(Oc1ccccn1)Oc1ccccn1. The maximum absolute atomic E-state index is 13.0. The normalized spacial score (nSPS) is 10.8. The zero-order chi connectivity index (χ0) is 16.0. The Kier molecular flexibility index (Phi) is 4.54. The van der Waals surface area contributed by atoms with Crippen molar-refractivity contribution in [2.45, 2.75) is 0 Å². The van der Waals surface area contributed by atoms with Gasteiger partial charge in [-0.05, 0) is 24.3 Å². The van der Waals surface area contributed by atoms with E-state index >= 15 is 0 Å². The highest BCUT2D eigenvalue weighted by Crippen LogP contribution is 2.48. The molecule has 3 rings (SSSR count). The van der Waals surface area contributed by atoms with Crippen LogP contribution in [-0.2, 0) is 4.57 Å². The molecule has 6 nitrogen and oxygen atoms in total. The second-order valence-corrected chi connectivity index (χ2v) is 5.81. The summed E-state index contributed by atoms with van der Waals surface area (Å²) < 4.78 is 29.2. The summed E-state index contributed by atoms with van der Waals surface area (Å²) in [4.78, 5) is 7.94. The molecule has 0 atom stereocenters. The van der Waals surface area contributed by atoms with Gasteiger partial charge in [-0.1, -0.05) is 30.3 Å². The van der Waals surface area contributed by atoms with Crippen molar-refractivity contribution in [3.05, 3.63) is 79.1 Å². The summed E-state index contributed by atoms with van der Waals surface area (Å²) in [6, 6.07) is 18.6. The molecule has 2 aromatic heterocycles. The van der Waals surface area contributed by atoms with Crippen molar-refractivity contribution in [2.75, 3.05) is 0 Å². The molecule has 0 aliphatic heterocycles. The smallest absolute Gasteiger partial charge is 0.386 e. The highest BCUT2D eigenvalue weighted by molar-refractivity contribution is 7.49. The number of phosphoric acid groups is 1. The molecule has 0 spiro atoms. The first-order valence-corrected chi connectivity index (χ1v) is 8.25. The van der Waals surface area contributed by atoms with Crippen LogP contribution in [0.4, 0.5) is 0 Å². The second-order valence-electron chi connectivity index (χ2n) is 4.37. The van der Waals surface area contributed by atoms with Gasteiger partial charge in [-0.25, -0.2) is 9.97 Å². The van der Waals surface area contributed by atoms with E-state index in [-0.39, 0.29) is 11.8 Å². The molecule has 0 bridgehead atoms.